The molecule has 3 heterocycles. The van der Waals surface area contributed by atoms with E-state index in [2.05, 4.69) is 15.0 Å². The molecule has 0 radical (unpaired) electrons. The van der Waals surface area contributed by atoms with E-state index in [9.17, 15) is 8.78 Å². The van der Waals surface area contributed by atoms with E-state index in [1.807, 2.05) is 43.3 Å². The van der Waals surface area contributed by atoms with Crippen LogP contribution < -0.4 is 10.5 Å². The normalized spacial score (nSPS) is 18.3. The molecule has 0 unspecified atom stereocenters. The predicted octanol–water partition coefficient (Wildman–Crippen LogP) is 4.59. The molecule has 0 aliphatic carbocycles. The number of pyridine rings is 1. The van der Waals surface area contributed by atoms with Crippen molar-refractivity contribution in [3.63, 3.8) is 0 Å². The van der Waals surface area contributed by atoms with Gasteiger partial charge in [0.25, 0.3) is 5.92 Å². The van der Waals surface area contributed by atoms with Crippen LogP contribution in [0.1, 0.15) is 12.0 Å². The Morgan fingerprint density at radius 2 is 1.94 bits per heavy atom. The number of anilines is 1. The summed E-state index contributed by atoms with van der Waals surface area (Å²) in [5.74, 6) is -3.41. The summed E-state index contributed by atoms with van der Waals surface area (Å²) >= 11 is 0. The maximum absolute atomic E-state index is 15.7. The first-order chi connectivity index (χ1) is 15.7. The van der Waals surface area contributed by atoms with Crippen molar-refractivity contribution in [2.24, 2.45) is 0 Å². The topological polar surface area (TPSA) is 77.2 Å². The predicted molar refractivity (Wildman–Crippen MR) is 121 cm³/mol. The van der Waals surface area contributed by atoms with Gasteiger partial charge in [0.1, 0.15) is 23.6 Å². The van der Waals surface area contributed by atoms with Crippen LogP contribution >= 0.6 is 0 Å². The molecule has 2 aromatic heterocycles. The van der Waals surface area contributed by atoms with Gasteiger partial charge in [-0.15, -0.1) is 0 Å². The fourth-order valence-electron chi connectivity index (χ4n) is 4.45. The number of ether oxygens (including phenoxy) is 1. The minimum Gasteiger partial charge on any atom is -0.462 e. The summed E-state index contributed by atoms with van der Waals surface area (Å²) in [6, 6.07) is 10.8. The molecule has 6 nitrogen and oxygen atoms in total. The Morgan fingerprint density at radius 1 is 1.18 bits per heavy atom. The van der Waals surface area contributed by atoms with E-state index >= 15 is 4.39 Å². The number of hydrogen-bond acceptors (Lipinski definition) is 6. The van der Waals surface area contributed by atoms with Crippen LogP contribution in [-0.2, 0) is 0 Å². The molecule has 0 amide bonds. The number of likely N-dealkylation sites (N-methyl/N-ethyl adjacent to an activating group) is 1. The van der Waals surface area contributed by atoms with Crippen molar-refractivity contribution in [1.82, 2.24) is 19.9 Å². The van der Waals surface area contributed by atoms with Gasteiger partial charge in [0.15, 0.2) is 5.82 Å². The van der Waals surface area contributed by atoms with Gasteiger partial charge in [-0.05, 0) is 30.3 Å². The summed E-state index contributed by atoms with van der Waals surface area (Å²) < 4.78 is 48.5. The van der Waals surface area contributed by atoms with Crippen LogP contribution in [-0.4, -0.2) is 52.0 Å². The lowest BCUT2D eigenvalue weighted by atomic mass is 9.97. The van der Waals surface area contributed by atoms with Gasteiger partial charge >= 0.3 is 6.01 Å². The van der Waals surface area contributed by atoms with Crippen LogP contribution in [0.3, 0.4) is 0 Å². The minimum atomic E-state index is -2.77. The third-order valence-corrected chi connectivity index (χ3v) is 6.10. The second-order valence-corrected chi connectivity index (χ2v) is 8.49. The number of aryl methyl sites for hydroxylation is 1. The average molecular weight is 453 g/mol. The Balaban J connectivity index is 1.55. The number of hydrogen-bond donors (Lipinski definition) is 1. The number of halogens is 3. The van der Waals surface area contributed by atoms with E-state index in [0.717, 1.165) is 16.3 Å². The van der Waals surface area contributed by atoms with E-state index < -0.39 is 17.8 Å². The monoisotopic (exact) mass is 453 g/mol. The Labute approximate surface area is 188 Å². The Bertz CT molecular complexity index is 1370. The highest BCUT2D eigenvalue weighted by atomic mass is 19.3. The molecule has 1 saturated heterocycles. The van der Waals surface area contributed by atoms with Crippen molar-refractivity contribution in [2.45, 2.75) is 25.3 Å². The van der Waals surface area contributed by atoms with Gasteiger partial charge in [-0.1, -0.05) is 36.4 Å². The van der Waals surface area contributed by atoms with E-state index in [1.165, 1.54) is 11.1 Å². The average Bonchev–Trinajstić information content (AvgIpc) is 3.04. The van der Waals surface area contributed by atoms with Gasteiger partial charge in [-0.3, -0.25) is 9.88 Å². The standard InChI is InChI=1S/C24H22F3N5O/c1-13-5-3-6-14-7-4-8-16(18(13)14)20-19(25)21-17(10-29-20)22(28)31-23(30-21)33-11-15-9-24(26,27)12-32(15)2/h3-8,10,15H,9,11-12H2,1-2H3,(H2,28,30,31)/t15-/m0/s1. The van der Waals surface area contributed by atoms with Gasteiger partial charge < -0.3 is 10.5 Å². The molecule has 1 aliphatic rings. The van der Waals surface area contributed by atoms with Gasteiger partial charge in [0.2, 0.25) is 0 Å². The van der Waals surface area contributed by atoms with E-state index in [0.29, 0.717) is 5.56 Å². The van der Waals surface area contributed by atoms with Crippen LogP contribution in [0.15, 0.2) is 42.6 Å². The first-order valence-electron chi connectivity index (χ1n) is 10.5. The molecule has 170 valence electrons. The maximum atomic E-state index is 15.7. The quantitative estimate of drug-likeness (QED) is 0.487. The largest absolute Gasteiger partial charge is 0.462 e. The van der Waals surface area contributed by atoms with Crippen LogP contribution in [0, 0.1) is 12.7 Å². The zero-order valence-corrected chi connectivity index (χ0v) is 18.1. The number of likely N-dealkylation sites (tertiary alicyclic amines) is 1. The Hall–Kier alpha value is -3.46. The molecule has 0 spiro atoms. The number of fused-ring (bicyclic) bond motifs is 2. The molecule has 5 rings (SSSR count). The number of alkyl halides is 2. The van der Waals surface area contributed by atoms with Gasteiger partial charge in [-0.25, -0.2) is 13.2 Å². The molecule has 1 aliphatic heterocycles. The third-order valence-electron chi connectivity index (χ3n) is 6.10. The second kappa shape index (κ2) is 7.84. The summed E-state index contributed by atoms with van der Waals surface area (Å²) in [4.78, 5) is 14.1. The van der Waals surface area contributed by atoms with E-state index in [-0.39, 0.29) is 48.0 Å². The van der Waals surface area contributed by atoms with Gasteiger partial charge in [0, 0.05) is 24.2 Å². The van der Waals surface area contributed by atoms with Gasteiger partial charge in [-0.2, -0.15) is 9.97 Å². The van der Waals surface area contributed by atoms with Crippen molar-refractivity contribution < 1.29 is 17.9 Å². The first kappa shape index (κ1) is 21.4. The molecule has 4 aromatic rings. The third kappa shape index (κ3) is 3.82. The minimum absolute atomic E-state index is 0.00663. The number of nitrogens with zero attached hydrogens (tertiary/aromatic N) is 4. The lowest BCUT2D eigenvalue weighted by molar-refractivity contribution is 0.0136. The lowest BCUT2D eigenvalue weighted by Crippen LogP contribution is -2.31. The number of rotatable bonds is 4. The number of benzene rings is 2. The summed E-state index contributed by atoms with van der Waals surface area (Å²) in [6.45, 7) is 1.56. The van der Waals surface area contributed by atoms with E-state index in [4.69, 9.17) is 10.5 Å². The van der Waals surface area contributed by atoms with Crippen molar-refractivity contribution in [3.05, 3.63) is 54.0 Å². The molecule has 9 heteroatoms. The highest BCUT2D eigenvalue weighted by Crippen LogP contribution is 2.35. The number of aromatic nitrogens is 3. The first-order valence-corrected chi connectivity index (χ1v) is 10.5. The van der Waals surface area contributed by atoms with Crippen LogP contribution in [0.4, 0.5) is 19.0 Å². The summed E-state index contributed by atoms with van der Waals surface area (Å²) in [7, 11) is 1.61. The number of nitrogen functional groups attached to an aromatic ring is 1. The van der Waals surface area contributed by atoms with Crippen LogP contribution in [0.5, 0.6) is 6.01 Å². The summed E-state index contributed by atoms with van der Waals surface area (Å²) in [5, 5.41) is 2.12. The van der Waals surface area contributed by atoms with Crippen molar-refractivity contribution in [3.8, 4) is 17.3 Å². The van der Waals surface area contributed by atoms with Gasteiger partial charge in [0.05, 0.1) is 11.9 Å². The Morgan fingerprint density at radius 3 is 2.67 bits per heavy atom. The molecule has 33 heavy (non-hydrogen) atoms. The molecule has 1 fully saturated rings. The molecule has 1 atom stereocenters. The summed E-state index contributed by atoms with van der Waals surface area (Å²) in [5.41, 5.74) is 7.76. The summed E-state index contributed by atoms with van der Waals surface area (Å²) in [6.07, 6.45) is 1.12. The smallest absolute Gasteiger partial charge is 0.319 e. The van der Waals surface area contributed by atoms with E-state index in [1.54, 1.807) is 7.05 Å². The molecular weight excluding hydrogens is 431 g/mol. The highest BCUT2D eigenvalue weighted by Gasteiger charge is 2.43. The van der Waals surface area contributed by atoms with Crippen LogP contribution in [0.25, 0.3) is 32.9 Å². The fourth-order valence-corrected chi connectivity index (χ4v) is 4.45. The van der Waals surface area contributed by atoms with Crippen molar-refractivity contribution in [2.75, 3.05) is 25.9 Å². The molecule has 0 saturated carbocycles. The molecule has 2 N–H and O–H groups in total. The SMILES string of the molecule is Cc1cccc2cccc(-c3ncc4c(N)nc(OC[C@@H]5CC(F)(F)CN5C)nc4c3F)c12. The maximum Gasteiger partial charge on any atom is 0.319 e. The zero-order valence-electron chi connectivity index (χ0n) is 18.1. The fraction of sp³-hybridized carbons (Fsp3) is 0.292. The molecule has 0 bridgehead atoms. The van der Waals surface area contributed by atoms with Crippen molar-refractivity contribution in [1.29, 1.82) is 0 Å². The number of nitrogens with two attached hydrogens (primary N) is 1. The molecular formula is C24H22F3N5O. The Kier molecular flexibility index (Phi) is 5.08. The highest BCUT2D eigenvalue weighted by molar-refractivity contribution is 6.00. The zero-order chi connectivity index (χ0) is 23.3. The van der Waals surface area contributed by atoms with Crippen molar-refractivity contribution >= 4 is 27.5 Å². The molecule has 2 aromatic carbocycles. The second-order valence-electron chi connectivity index (χ2n) is 8.49. The van der Waals surface area contributed by atoms with Crippen LogP contribution in [0.2, 0.25) is 0 Å². The lowest BCUT2D eigenvalue weighted by Gasteiger charge is -2.18.